The van der Waals surface area contributed by atoms with Crippen LogP contribution >= 0.6 is 0 Å². The molecule has 2 heterocycles. The van der Waals surface area contributed by atoms with Gasteiger partial charge in [0.05, 0.1) is 19.3 Å². The van der Waals surface area contributed by atoms with Crippen molar-refractivity contribution in [3.63, 3.8) is 0 Å². The van der Waals surface area contributed by atoms with Crippen LogP contribution in [0.1, 0.15) is 30.8 Å². The SMILES string of the molecule is Cc1nccn1[C@H](C)c1ccc(NC(=O)CC2COC2)cc1. The Labute approximate surface area is 130 Å². The Kier molecular flexibility index (Phi) is 4.24. The van der Waals surface area contributed by atoms with Crippen LogP contribution in [0.25, 0.3) is 0 Å². The number of nitrogens with zero attached hydrogens (tertiary/aromatic N) is 2. The molecule has 1 aromatic carbocycles. The summed E-state index contributed by atoms with van der Waals surface area (Å²) in [5.41, 5.74) is 2.02. The number of hydrogen-bond acceptors (Lipinski definition) is 3. The van der Waals surface area contributed by atoms with Gasteiger partial charge in [-0.05, 0) is 31.5 Å². The highest BCUT2D eigenvalue weighted by Gasteiger charge is 2.21. The van der Waals surface area contributed by atoms with Crippen molar-refractivity contribution in [2.75, 3.05) is 18.5 Å². The number of imidazole rings is 1. The van der Waals surface area contributed by atoms with Gasteiger partial charge >= 0.3 is 0 Å². The van der Waals surface area contributed by atoms with E-state index in [0.29, 0.717) is 25.6 Å². The van der Waals surface area contributed by atoms with Crippen LogP contribution in [-0.4, -0.2) is 28.7 Å². The summed E-state index contributed by atoms with van der Waals surface area (Å²) in [6.45, 7) is 5.54. The molecule has 1 fully saturated rings. The molecule has 1 aromatic heterocycles. The summed E-state index contributed by atoms with van der Waals surface area (Å²) in [6, 6.07) is 8.22. The summed E-state index contributed by atoms with van der Waals surface area (Å²) in [7, 11) is 0. The molecule has 0 saturated carbocycles. The minimum Gasteiger partial charge on any atom is -0.381 e. The van der Waals surface area contributed by atoms with Gasteiger partial charge in [-0.15, -0.1) is 0 Å². The first kappa shape index (κ1) is 14.8. The Balaban J connectivity index is 1.62. The number of rotatable bonds is 5. The van der Waals surface area contributed by atoms with Crippen molar-refractivity contribution in [1.29, 1.82) is 0 Å². The fraction of sp³-hybridized carbons (Fsp3) is 0.412. The normalized spacial score (nSPS) is 16.1. The topological polar surface area (TPSA) is 56.2 Å². The largest absolute Gasteiger partial charge is 0.381 e. The standard InChI is InChI=1S/C17H21N3O2/c1-12(20-8-7-18-13(20)2)15-3-5-16(6-4-15)19-17(21)9-14-10-22-11-14/h3-8,12,14H,9-11H2,1-2H3,(H,19,21)/t12-/m1/s1. The van der Waals surface area contributed by atoms with Crippen LogP contribution < -0.4 is 5.32 Å². The maximum Gasteiger partial charge on any atom is 0.224 e. The highest BCUT2D eigenvalue weighted by molar-refractivity contribution is 5.90. The predicted molar refractivity (Wildman–Crippen MR) is 84.8 cm³/mol. The van der Waals surface area contributed by atoms with E-state index in [1.54, 1.807) is 0 Å². The van der Waals surface area contributed by atoms with Crippen molar-refractivity contribution in [3.05, 3.63) is 48.0 Å². The average Bonchev–Trinajstić information content (AvgIpc) is 2.89. The molecule has 3 rings (SSSR count). The van der Waals surface area contributed by atoms with Gasteiger partial charge in [-0.25, -0.2) is 4.98 Å². The molecule has 0 radical (unpaired) electrons. The number of aryl methyl sites for hydroxylation is 1. The van der Waals surface area contributed by atoms with Crippen molar-refractivity contribution in [1.82, 2.24) is 9.55 Å². The Morgan fingerprint density at radius 3 is 2.68 bits per heavy atom. The Bertz CT molecular complexity index is 644. The third-order valence-electron chi connectivity index (χ3n) is 4.14. The van der Waals surface area contributed by atoms with E-state index >= 15 is 0 Å². The van der Waals surface area contributed by atoms with Crippen molar-refractivity contribution in [3.8, 4) is 0 Å². The smallest absolute Gasteiger partial charge is 0.224 e. The van der Waals surface area contributed by atoms with Gasteiger partial charge in [0.1, 0.15) is 5.82 Å². The fourth-order valence-corrected chi connectivity index (χ4v) is 2.68. The van der Waals surface area contributed by atoms with E-state index in [9.17, 15) is 4.79 Å². The van der Waals surface area contributed by atoms with Crippen LogP contribution in [0.3, 0.4) is 0 Å². The zero-order valence-corrected chi connectivity index (χ0v) is 13.0. The lowest BCUT2D eigenvalue weighted by molar-refractivity contribution is -0.121. The van der Waals surface area contributed by atoms with Gasteiger partial charge in [-0.3, -0.25) is 4.79 Å². The Hall–Kier alpha value is -2.14. The van der Waals surface area contributed by atoms with Gasteiger partial charge in [-0.2, -0.15) is 0 Å². The van der Waals surface area contributed by atoms with Gasteiger partial charge in [0.2, 0.25) is 5.91 Å². The maximum absolute atomic E-state index is 11.9. The molecule has 1 saturated heterocycles. The number of aromatic nitrogens is 2. The Morgan fingerprint density at radius 2 is 2.14 bits per heavy atom. The molecule has 0 aliphatic carbocycles. The van der Waals surface area contributed by atoms with Gasteiger partial charge in [0.25, 0.3) is 0 Å². The molecule has 0 unspecified atom stereocenters. The lowest BCUT2D eigenvalue weighted by Crippen LogP contribution is -2.31. The summed E-state index contributed by atoms with van der Waals surface area (Å²) in [4.78, 5) is 16.1. The Morgan fingerprint density at radius 1 is 1.41 bits per heavy atom. The second-order valence-electron chi connectivity index (χ2n) is 5.84. The molecule has 5 nitrogen and oxygen atoms in total. The van der Waals surface area contributed by atoms with Crippen LogP contribution in [0.4, 0.5) is 5.69 Å². The summed E-state index contributed by atoms with van der Waals surface area (Å²) < 4.78 is 7.21. The molecule has 1 aliphatic rings. The number of carbonyl (C=O) groups is 1. The third-order valence-corrected chi connectivity index (χ3v) is 4.14. The number of nitrogens with one attached hydrogen (secondary N) is 1. The van der Waals surface area contributed by atoms with E-state index < -0.39 is 0 Å². The molecule has 116 valence electrons. The van der Waals surface area contributed by atoms with Crippen molar-refractivity contribution in [2.24, 2.45) is 5.92 Å². The first-order chi connectivity index (χ1) is 10.6. The van der Waals surface area contributed by atoms with Gasteiger partial charge in [0, 0.05) is 30.4 Å². The summed E-state index contributed by atoms with van der Waals surface area (Å²) in [6.07, 6.45) is 4.33. The van der Waals surface area contributed by atoms with Gasteiger partial charge < -0.3 is 14.6 Å². The van der Waals surface area contributed by atoms with Crippen molar-refractivity contribution in [2.45, 2.75) is 26.3 Å². The number of carbonyl (C=O) groups excluding carboxylic acids is 1. The van der Waals surface area contributed by atoms with E-state index in [-0.39, 0.29) is 11.9 Å². The number of hydrogen-bond donors (Lipinski definition) is 1. The molecular formula is C17H21N3O2. The summed E-state index contributed by atoms with van der Waals surface area (Å²) in [5.74, 6) is 1.43. The van der Waals surface area contributed by atoms with Crippen LogP contribution in [-0.2, 0) is 9.53 Å². The molecule has 1 atom stereocenters. The maximum atomic E-state index is 11.9. The monoisotopic (exact) mass is 299 g/mol. The summed E-state index contributed by atoms with van der Waals surface area (Å²) >= 11 is 0. The van der Waals surface area contributed by atoms with Crippen LogP contribution in [0.2, 0.25) is 0 Å². The first-order valence-corrected chi connectivity index (χ1v) is 7.60. The van der Waals surface area contributed by atoms with Gasteiger partial charge in [-0.1, -0.05) is 12.1 Å². The van der Waals surface area contributed by atoms with Crippen molar-refractivity contribution < 1.29 is 9.53 Å². The predicted octanol–water partition coefficient (Wildman–Crippen LogP) is 2.78. The van der Waals surface area contributed by atoms with Crippen LogP contribution in [0.15, 0.2) is 36.7 Å². The molecule has 5 heteroatoms. The lowest BCUT2D eigenvalue weighted by atomic mass is 10.0. The molecule has 1 N–H and O–H groups in total. The minimum absolute atomic E-state index is 0.0551. The van der Waals surface area contributed by atoms with E-state index in [4.69, 9.17) is 4.74 Å². The second kappa shape index (κ2) is 6.32. The van der Waals surface area contributed by atoms with Crippen LogP contribution in [0.5, 0.6) is 0 Å². The lowest BCUT2D eigenvalue weighted by Gasteiger charge is -2.25. The highest BCUT2D eigenvalue weighted by atomic mass is 16.5. The zero-order valence-electron chi connectivity index (χ0n) is 13.0. The number of ether oxygens (including phenoxy) is 1. The third kappa shape index (κ3) is 3.20. The molecule has 1 aliphatic heterocycles. The quantitative estimate of drug-likeness (QED) is 0.923. The number of benzene rings is 1. The van der Waals surface area contributed by atoms with Crippen molar-refractivity contribution >= 4 is 11.6 Å². The minimum atomic E-state index is 0.0551. The van der Waals surface area contributed by atoms with Crippen LogP contribution in [0, 0.1) is 12.8 Å². The number of amides is 1. The van der Waals surface area contributed by atoms with E-state index in [1.807, 2.05) is 43.6 Å². The molecule has 0 spiro atoms. The molecule has 22 heavy (non-hydrogen) atoms. The van der Waals surface area contributed by atoms with E-state index in [0.717, 1.165) is 11.5 Å². The molecule has 2 aromatic rings. The average molecular weight is 299 g/mol. The van der Waals surface area contributed by atoms with Gasteiger partial charge in [0.15, 0.2) is 0 Å². The number of anilines is 1. The molecule has 1 amide bonds. The fourth-order valence-electron chi connectivity index (χ4n) is 2.68. The second-order valence-corrected chi connectivity index (χ2v) is 5.84. The zero-order chi connectivity index (χ0) is 15.5. The van der Waals surface area contributed by atoms with E-state index in [1.165, 1.54) is 5.56 Å². The van der Waals surface area contributed by atoms with E-state index in [2.05, 4.69) is 21.8 Å². The first-order valence-electron chi connectivity index (χ1n) is 7.60. The molecular weight excluding hydrogens is 278 g/mol. The highest BCUT2D eigenvalue weighted by Crippen LogP contribution is 2.22. The molecule has 0 bridgehead atoms. The summed E-state index contributed by atoms with van der Waals surface area (Å²) in [5, 5.41) is 2.94.